The lowest BCUT2D eigenvalue weighted by molar-refractivity contribution is -0.0896. The summed E-state index contributed by atoms with van der Waals surface area (Å²) in [5.74, 6) is -0.439. The summed E-state index contributed by atoms with van der Waals surface area (Å²) in [6.07, 6.45) is 2.96. The number of hydrogen-bond acceptors (Lipinski definition) is 4. The van der Waals surface area contributed by atoms with Crippen molar-refractivity contribution in [2.75, 3.05) is 0 Å². The number of amides is 1. The van der Waals surface area contributed by atoms with E-state index < -0.39 is 11.4 Å². The molecule has 6 heteroatoms. The summed E-state index contributed by atoms with van der Waals surface area (Å²) in [7, 11) is 0. The highest BCUT2D eigenvalue weighted by Gasteiger charge is 2.48. The molecule has 2 aromatic carbocycles. The number of carbonyl (C=O) groups is 1. The van der Waals surface area contributed by atoms with Gasteiger partial charge in [0.1, 0.15) is 12.4 Å². The smallest absolute Gasteiger partial charge is 0.410 e. The molecule has 0 aliphatic carbocycles. The van der Waals surface area contributed by atoms with Gasteiger partial charge in [0.15, 0.2) is 0 Å². The van der Waals surface area contributed by atoms with Crippen LogP contribution in [0, 0.1) is 17.1 Å². The summed E-state index contributed by atoms with van der Waals surface area (Å²) >= 11 is 0. The van der Waals surface area contributed by atoms with Gasteiger partial charge >= 0.3 is 6.09 Å². The molecule has 2 fully saturated rings. The molecule has 2 unspecified atom stereocenters. The van der Waals surface area contributed by atoms with E-state index in [1.807, 2.05) is 36.4 Å². The van der Waals surface area contributed by atoms with Gasteiger partial charge in [-0.15, -0.1) is 0 Å². The van der Waals surface area contributed by atoms with Crippen molar-refractivity contribution in [2.24, 2.45) is 0 Å². The molecule has 1 amide bonds. The SMILES string of the molecule is N#CCc1cc(C2(O)CC3CCCC(C2)N3C(=O)OCc2ccccc2)ccc1F. The summed E-state index contributed by atoms with van der Waals surface area (Å²) in [5, 5.41) is 20.4. The molecule has 0 saturated carbocycles. The molecule has 0 radical (unpaired) electrons. The first-order valence-electron chi connectivity index (χ1n) is 10.4. The Morgan fingerprint density at radius 3 is 2.57 bits per heavy atom. The highest BCUT2D eigenvalue weighted by atomic mass is 19.1. The molecule has 2 bridgehead atoms. The van der Waals surface area contributed by atoms with Crippen LogP contribution in [0.5, 0.6) is 0 Å². The number of carbonyl (C=O) groups excluding carboxylic acids is 1. The maximum absolute atomic E-state index is 14.0. The Morgan fingerprint density at radius 2 is 1.90 bits per heavy atom. The minimum atomic E-state index is -1.15. The van der Waals surface area contributed by atoms with Crippen molar-refractivity contribution in [2.45, 2.75) is 62.8 Å². The maximum atomic E-state index is 14.0. The number of piperidine rings is 2. The molecule has 0 spiro atoms. The van der Waals surface area contributed by atoms with E-state index in [9.17, 15) is 14.3 Å². The average molecular weight is 408 g/mol. The van der Waals surface area contributed by atoms with Crippen molar-refractivity contribution in [1.29, 1.82) is 5.26 Å². The number of nitriles is 1. The summed E-state index contributed by atoms with van der Waals surface area (Å²) < 4.78 is 19.5. The van der Waals surface area contributed by atoms with E-state index in [1.54, 1.807) is 17.0 Å². The van der Waals surface area contributed by atoms with Gasteiger partial charge in [0.05, 0.1) is 18.1 Å². The lowest BCUT2D eigenvalue weighted by atomic mass is 9.72. The first-order chi connectivity index (χ1) is 14.5. The number of nitrogens with zero attached hydrogens (tertiary/aromatic N) is 2. The first kappa shape index (κ1) is 20.4. The molecule has 5 nitrogen and oxygen atoms in total. The van der Waals surface area contributed by atoms with Crippen LogP contribution >= 0.6 is 0 Å². The van der Waals surface area contributed by atoms with E-state index in [0.29, 0.717) is 24.0 Å². The Morgan fingerprint density at radius 1 is 1.20 bits per heavy atom. The van der Waals surface area contributed by atoms with Gasteiger partial charge in [-0.1, -0.05) is 36.4 Å². The van der Waals surface area contributed by atoms with Gasteiger partial charge in [-0.25, -0.2) is 9.18 Å². The maximum Gasteiger partial charge on any atom is 0.410 e. The quantitative estimate of drug-likeness (QED) is 0.812. The molecule has 30 heavy (non-hydrogen) atoms. The van der Waals surface area contributed by atoms with Crippen molar-refractivity contribution in [1.82, 2.24) is 4.90 Å². The van der Waals surface area contributed by atoms with Crippen LogP contribution in [0.3, 0.4) is 0 Å². The van der Waals surface area contributed by atoms with E-state index in [-0.39, 0.29) is 31.2 Å². The zero-order valence-corrected chi connectivity index (χ0v) is 16.8. The van der Waals surface area contributed by atoms with E-state index in [4.69, 9.17) is 10.00 Å². The largest absolute Gasteiger partial charge is 0.445 e. The topological polar surface area (TPSA) is 73.6 Å². The molecule has 2 aliphatic heterocycles. The number of ether oxygens (including phenoxy) is 1. The third-order valence-electron chi connectivity index (χ3n) is 6.28. The van der Waals surface area contributed by atoms with Gasteiger partial charge in [-0.2, -0.15) is 5.26 Å². The summed E-state index contributed by atoms with van der Waals surface area (Å²) in [4.78, 5) is 14.6. The van der Waals surface area contributed by atoms with E-state index in [0.717, 1.165) is 24.8 Å². The number of aliphatic hydroxyl groups is 1. The van der Waals surface area contributed by atoms with Gasteiger partial charge in [-0.3, -0.25) is 0 Å². The van der Waals surface area contributed by atoms with Gasteiger partial charge in [-0.05, 0) is 42.5 Å². The highest BCUT2D eigenvalue weighted by Crippen LogP contribution is 2.45. The highest BCUT2D eigenvalue weighted by molar-refractivity contribution is 5.69. The minimum absolute atomic E-state index is 0.0411. The zero-order valence-electron chi connectivity index (χ0n) is 16.8. The first-order valence-corrected chi connectivity index (χ1v) is 10.4. The summed E-state index contributed by atoms with van der Waals surface area (Å²) in [6, 6.07) is 15.8. The van der Waals surface area contributed by atoms with Gasteiger partial charge in [0.2, 0.25) is 0 Å². The fourth-order valence-electron chi connectivity index (χ4n) is 4.84. The van der Waals surface area contributed by atoms with Crippen LogP contribution in [0.15, 0.2) is 48.5 Å². The second-order valence-corrected chi connectivity index (χ2v) is 8.27. The molecular formula is C24H25FN2O3. The summed E-state index contributed by atoms with van der Waals surface area (Å²) in [5.41, 5.74) is 0.687. The van der Waals surface area contributed by atoms with Crippen molar-refractivity contribution >= 4 is 6.09 Å². The predicted molar refractivity (Wildman–Crippen MR) is 109 cm³/mol. The Bertz CT molecular complexity index is 943. The van der Waals surface area contributed by atoms with Crippen LogP contribution in [0.4, 0.5) is 9.18 Å². The fraction of sp³-hybridized carbons (Fsp3) is 0.417. The molecule has 1 N–H and O–H groups in total. The molecule has 156 valence electrons. The number of fused-ring (bicyclic) bond motifs is 2. The average Bonchev–Trinajstić information content (AvgIpc) is 2.74. The van der Waals surface area contributed by atoms with Crippen LogP contribution in [-0.4, -0.2) is 28.2 Å². The number of benzene rings is 2. The van der Waals surface area contributed by atoms with E-state index in [2.05, 4.69) is 0 Å². The molecule has 2 aromatic rings. The van der Waals surface area contributed by atoms with Crippen molar-refractivity contribution in [3.8, 4) is 6.07 Å². The van der Waals surface area contributed by atoms with Crippen molar-refractivity contribution in [3.05, 3.63) is 71.0 Å². The monoisotopic (exact) mass is 408 g/mol. The van der Waals surface area contributed by atoms with Gasteiger partial charge in [0.25, 0.3) is 0 Å². The summed E-state index contributed by atoms with van der Waals surface area (Å²) in [6.45, 7) is 0.218. The Hall–Kier alpha value is -2.91. The lowest BCUT2D eigenvalue weighted by Crippen LogP contribution is -2.58. The van der Waals surface area contributed by atoms with Crippen LogP contribution in [0.2, 0.25) is 0 Å². The third kappa shape index (κ3) is 4.03. The zero-order chi connectivity index (χ0) is 21.1. The van der Waals surface area contributed by atoms with Crippen LogP contribution in [0.25, 0.3) is 0 Å². The molecule has 4 rings (SSSR count). The molecule has 2 saturated heterocycles. The normalized spacial score (nSPS) is 25.4. The van der Waals surface area contributed by atoms with Crippen LogP contribution in [0.1, 0.15) is 48.8 Å². The predicted octanol–water partition coefficient (Wildman–Crippen LogP) is 4.43. The number of rotatable bonds is 4. The molecule has 0 aromatic heterocycles. The molecule has 2 heterocycles. The third-order valence-corrected chi connectivity index (χ3v) is 6.28. The van der Waals surface area contributed by atoms with Crippen molar-refractivity contribution < 1.29 is 19.0 Å². The minimum Gasteiger partial charge on any atom is -0.445 e. The lowest BCUT2D eigenvalue weighted by Gasteiger charge is -2.51. The van der Waals surface area contributed by atoms with Crippen LogP contribution < -0.4 is 0 Å². The molecule has 2 atom stereocenters. The van der Waals surface area contributed by atoms with Crippen molar-refractivity contribution in [3.63, 3.8) is 0 Å². The number of hydrogen-bond donors (Lipinski definition) is 1. The standard InChI is InChI=1S/C24H25FN2O3/c25-22-10-9-19(13-18(22)11-12-26)24(29)14-20-7-4-8-21(15-24)27(20)23(28)30-16-17-5-2-1-3-6-17/h1-3,5-6,9-10,13,20-21,29H,4,7-8,11,14-16H2. The fourth-order valence-corrected chi connectivity index (χ4v) is 4.84. The Kier molecular flexibility index (Phi) is 5.74. The van der Waals surface area contributed by atoms with Crippen LogP contribution in [-0.2, 0) is 23.4 Å². The Balaban J connectivity index is 1.51. The molecule has 2 aliphatic rings. The Labute approximate surface area is 175 Å². The second kappa shape index (κ2) is 8.45. The number of halogens is 1. The second-order valence-electron chi connectivity index (χ2n) is 8.27. The van der Waals surface area contributed by atoms with E-state index in [1.165, 1.54) is 6.07 Å². The van der Waals surface area contributed by atoms with Gasteiger partial charge in [0, 0.05) is 30.5 Å². The van der Waals surface area contributed by atoms with E-state index >= 15 is 0 Å². The molecular weight excluding hydrogens is 383 g/mol. The van der Waals surface area contributed by atoms with Gasteiger partial charge < -0.3 is 14.7 Å².